The Morgan fingerprint density at radius 1 is 1.00 bits per heavy atom. The van der Waals surface area contributed by atoms with Gasteiger partial charge < -0.3 is 20.2 Å². The van der Waals surface area contributed by atoms with Crippen LogP contribution < -0.4 is 15.4 Å². The summed E-state index contributed by atoms with van der Waals surface area (Å²) in [6, 6.07) is 17.2. The maximum Gasteiger partial charge on any atom is 0.309 e. The van der Waals surface area contributed by atoms with Gasteiger partial charge in [0.2, 0.25) is 5.91 Å². The summed E-state index contributed by atoms with van der Waals surface area (Å²) in [5, 5.41) is 16.8. The normalized spacial score (nSPS) is 13.0. The van der Waals surface area contributed by atoms with Gasteiger partial charge in [0.25, 0.3) is 10.0 Å². The van der Waals surface area contributed by atoms with E-state index in [4.69, 9.17) is 4.42 Å². The Labute approximate surface area is 249 Å². The van der Waals surface area contributed by atoms with E-state index in [1.165, 1.54) is 12.1 Å². The molecule has 41 heavy (non-hydrogen) atoms. The molecule has 9 nitrogen and oxygen atoms in total. The number of rotatable bonds is 13. The number of hydrogen-bond acceptors (Lipinski definition) is 7. The van der Waals surface area contributed by atoms with Crippen LogP contribution in [0.1, 0.15) is 16.8 Å². The van der Waals surface area contributed by atoms with Crippen LogP contribution in [0.2, 0.25) is 0 Å². The summed E-state index contributed by atoms with van der Waals surface area (Å²) in [4.78, 5) is 16.9. The predicted octanol–water partition coefficient (Wildman–Crippen LogP) is 3.78. The fourth-order valence-electron chi connectivity index (χ4n) is 4.05. The second-order valence-corrected chi connectivity index (χ2v) is 12.2. The first-order chi connectivity index (χ1) is 19.6. The second kappa shape index (κ2) is 14.0. The molecule has 0 saturated heterocycles. The SMILES string of the molecule is O=C(Cc1coc(NS(=O)(=O)c2ccccc2)n1)N[C@@H](Cc1cc(F)cc(F)c1)[C@H](O)CNCc1cccc(I)c1. The summed E-state index contributed by atoms with van der Waals surface area (Å²) in [6.45, 7) is 0.549. The van der Waals surface area contributed by atoms with Gasteiger partial charge in [0.05, 0.1) is 29.2 Å². The van der Waals surface area contributed by atoms with E-state index >= 15 is 0 Å². The lowest BCUT2D eigenvalue weighted by molar-refractivity contribution is -0.122. The van der Waals surface area contributed by atoms with Crippen molar-refractivity contribution in [3.8, 4) is 0 Å². The lowest BCUT2D eigenvalue weighted by Crippen LogP contribution is -2.49. The zero-order chi connectivity index (χ0) is 29.4. The van der Waals surface area contributed by atoms with Crippen LogP contribution in [0.3, 0.4) is 0 Å². The van der Waals surface area contributed by atoms with Gasteiger partial charge in [-0.15, -0.1) is 0 Å². The molecule has 0 saturated carbocycles. The van der Waals surface area contributed by atoms with Crippen molar-refractivity contribution < 1.29 is 31.5 Å². The summed E-state index contributed by atoms with van der Waals surface area (Å²) in [5.74, 6) is -2.11. The van der Waals surface area contributed by atoms with Gasteiger partial charge in [-0.3, -0.25) is 4.79 Å². The molecule has 216 valence electrons. The molecule has 0 aliphatic rings. The second-order valence-electron chi connectivity index (χ2n) is 9.22. The van der Waals surface area contributed by atoms with Crippen molar-refractivity contribution in [1.29, 1.82) is 0 Å². The van der Waals surface area contributed by atoms with E-state index in [-0.39, 0.29) is 41.6 Å². The van der Waals surface area contributed by atoms with E-state index in [1.807, 2.05) is 24.3 Å². The van der Waals surface area contributed by atoms with Gasteiger partial charge in [-0.1, -0.05) is 30.3 Å². The van der Waals surface area contributed by atoms with Crippen LogP contribution >= 0.6 is 22.6 Å². The largest absolute Gasteiger partial charge is 0.431 e. The number of carbonyl (C=O) groups is 1. The summed E-state index contributed by atoms with van der Waals surface area (Å²) in [6.07, 6.45) is -0.322. The van der Waals surface area contributed by atoms with Crippen LogP contribution in [-0.2, 0) is 34.2 Å². The van der Waals surface area contributed by atoms with Crippen molar-refractivity contribution in [2.45, 2.75) is 36.4 Å². The number of nitrogens with zero attached hydrogens (tertiary/aromatic N) is 1. The van der Waals surface area contributed by atoms with Gasteiger partial charge in [-0.05, 0) is 76.5 Å². The lowest BCUT2D eigenvalue weighted by atomic mass is 10.00. The van der Waals surface area contributed by atoms with Crippen LogP contribution in [0.5, 0.6) is 0 Å². The number of anilines is 1. The van der Waals surface area contributed by atoms with Gasteiger partial charge in [-0.25, -0.2) is 21.9 Å². The van der Waals surface area contributed by atoms with Crippen molar-refractivity contribution in [3.63, 3.8) is 0 Å². The Bertz CT molecular complexity index is 1570. The highest BCUT2D eigenvalue weighted by molar-refractivity contribution is 14.1. The molecule has 0 fully saturated rings. The van der Waals surface area contributed by atoms with Crippen molar-refractivity contribution in [1.82, 2.24) is 15.6 Å². The quantitative estimate of drug-likeness (QED) is 0.157. The molecule has 0 aliphatic carbocycles. The summed E-state index contributed by atoms with van der Waals surface area (Å²) in [7, 11) is -3.94. The first kappa shape index (κ1) is 30.6. The van der Waals surface area contributed by atoms with Gasteiger partial charge in [-0.2, -0.15) is 4.98 Å². The smallest absolute Gasteiger partial charge is 0.309 e. The van der Waals surface area contributed by atoms with Crippen LogP contribution in [0, 0.1) is 15.2 Å². The highest BCUT2D eigenvalue weighted by atomic mass is 127. The number of oxazole rings is 1. The van der Waals surface area contributed by atoms with Crippen LogP contribution in [0.15, 0.2) is 88.4 Å². The van der Waals surface area contributed by atoms with Gasteiger partial charge in [0.15, 0.2) is 0 Å². The molecule has 0 bridgehead atoms. The molecule has 1 amide bonds. The van der Waals surface area contributed by atoms with E-state index in [0.29, 0.717) is 6.54 Å². The van der Waals surface area contributed by atoms with E-state index in [0.717, 1.165) is 33.6 Å². The minimum atomic E-state index is -3.94. The maximum absolute atomic E-state index is 13.8. The number of hydrogen-bond donors (Lipinski definition) is 4. The Kier molecular flexibility index (Phi) is 10.4. The number of carbonyl (C=O) groups excluding carboxylic acids is 1. The van der Waals surface area contributed by atoms with E-state index < -0.39 is 39.7 Å². The van der Waals surface area contributed by atoms with Crippen LogP contribution in [0.25, 0.3) is 0 Å². The molecule has 0 radical (unpaired) electrons. The third-order valence-electron chi connectivity index (χ3n) is 5.93. The topological polar surface area (TPSA) is 134 Å². The number of halogens is 3. The van der Waals surface area contributed by atoms with Gasteiger partial charge in [0, 0.05) is 22.7 Å². The molecule has 3 aromatic carbocycles. The molecule has 4 rings (SSSR count). The molecule has 0 aliphatic heterocycles. The van der Waals surface area contributed by atoms with Crippen molar-refractivity contribution in [2.75, 3.05) is 11.3 Å². The minimum absolute atomic E-state index is 0.0127. The highest BCUT2D eigenvalue weighted by Crippen LogP contribution is 2.16. The Balaban J connectivity index is 1.40. The average molecular weight is 697 g/mol. The number of sulfonamides is 1. The van der Waals surface area contributed by atoms with E-state index in [1.54, 1.807) is 18.2 Å². The minimum Gasteiger partial charge on any atom is -0.431 e. The molecule has 0 unspecified atom stereocenters. The Hall–Kier alpha value is -3.40. The first-order valence-electron chi connectivity index (χ1n) is 12.5. The third-order valence-corrected chi connectivity index (χ3v) is 7.94. The standard InChI is InChI=1S/C28H27F2IN4O5S/c29-20-9-19(10-21(30)13-20)12-25(26(36)16-32-15-18-5-4-6-22(31)11-18)34-27(37)14-23-17-40-28(33-23)35-41(38,39)24-7-2-1-3-8-24/h1-11,13,17,25-26,32,36H,12,14-16H2,(H,33,35)(H,34,37)/t25-,26+/m0/s1. The monoisotopic (exact) mass is 696 g/mol. The van der Waals surface area contributed by atoms with Crippen LogP contribution in [0.4, 0.5) is 14.8 Å². The summed E-state index contributed by atoms with van der Waals surface area (Å²) >= 11 is 2.20. The molecule has 4 aromatic rings. The fourth-order valence-corrected chi connectivity index (χ4v) is 5.61. The number of aromatic nitrogens is 1. The maximum atomic E-state index is 13.8. The number of aliphatic hydroxyl groups excluding tert-OH is 1. The molecule has 0 spiro atoms. The van der Waals surface area contributed by atoms with E-state index in [9.17, 15) is 27.1 Å². The van der Waals surface area contributed by atoms with Crippen LogP contribution in [-0.4, -0.2) is 43.1 Å². The number of aliphatic hydroxyl groups is 1. The molecule has 1 aromatic heterocycles. The Morgan fingerprint density at radius 2 is 1.73 bits per heavy atom. The molecule has 4 N–H and O–H groups in total. The highest BCUT2D eigenvalue weighted by Gasteiger charge is 2.24. The third kappa shape index (κ3) is 9.31. The van der Waals surface area contributed by atoms with Crippen molar-refractivity contribution >= 4 is 44.5 Å². The lowest BCUT2D eigenvalue weighted by Gasteiger charge is -2.25. The van der Waals surface area contributed by atoms with Gasteiger partial charge >= 0.3 is 6.01 Å². The molecular formula is C28H27F2IN4O5S. The summed E-state index contributed by atoms with van der Waals surface area (Å²) < 4.78 is 61.1. The number of nitrogens with one attached hydrogen (secondary N) is 3. The average Bonchev–Trinajstić information content (AvgIpc) is 3.33. The zero-order valence-electron chi connectivity index (χ0n) is 21.6. The molecular weight excluding hydrogens is 669 g/mol. The van der Waals surface area contributed by atoms with Crippen molar-refractivity contribution in [2.24, 2.45) is 0 Å². The van der Waals surface area contributed by atoms with Crippen molar-refractivity contribution in [3.05, 3.63) is 111 Å². The number of benzene rings is 3. The Morgan fingerprint density at radius 3 is 2.44 bits per heavy atom. The predicted molar refractivity (Wildman–Crippen MR) is 156 cm³/mol. The van der Waals surface area contributed by atoms with Gasteiger partial charge in [0.1, 0.15) is 17.9 Å². The zero-order valence-corrected chi connectivity index (χ0v) is 24.5. The van der Waals surface area contributed by atoms with E-state index in [2.05, 4.69) is 42.9 Å². The molecule has 1 heterocycles. The molecule has 2 atom stereocenters. The first-order valence-corrected chi connectivity index (χ1v) is 15.0. The fraction of sp³-hybridized carbons (Fsp3) is 0.214. The molecule has 13 heteroatoms. The number of amides is 1. The summed E-state index contributed by atoms with van der Waals surface area (Å²) in [5.41, 5.74) is 1.39.